The highest BCUT2D eigenvalue weighted by atomic mass is 14.2. The monoisotopic (exact) mass is 539 g/mol. The maximum absolute atomic E-state index is 9.84. The van der Waals surface area contributed by atoms with Gasteiger partial charge < -0.3 is 0 Å². The fourth-order valence-electron chi connectivity index (χ4n) is 5.94. The van der Waals surface area contributed by atoms with Crippen LogP contribution in [0.2, 0.25) is 0 Å². The molecule has 0 unspecified atom stereocenters. The van der Waals surface area contributed by atoms with E-state index in [1.165, 1.54) is 0 Å². The minimum atomic E-state index is -0.385. The molecule has 0 amide bonds. The summed E-state index contributed by atoms with van der Waals surface area (Å²) >= 11 is 0. The zero-order valence-corrected chi connectivity index (χ0v) is 22.6. The fourth-order valence-corrected chi connectivity index (χ4v) is 5.94. The molecule has 0 atom stereocenters. The van der Waals surface area contributed by atoms with Crippen molar-refractivity contribution < 1.29 is 9.60 Å². The minimum absolute atomic E-state index is 0.0260. The standard InChI is InChI=1S/C42H28/c1-3-13-29(14-4-1)33-25-26-39-40(28-33)41(34-24-23-30-15-7-8-18-32(30)27-34)37-21-11-12-22-38(37)42(39)36-20-10-9-19-35(36)31-16-5-2-6-17-31/h1-28H/i11D,12D,21D,22D,25D,26D,28D. The maximum Gasteiger partial charge on any atom is 0.0636 e. The van der Waals surface area contributed by atoms with Crippen molar-refractivity contribution in [3.63, 3.8) is 0 Å². The zero-order chi connectivity index (χ0) is 34.0. The van der Waals surface area contributed by atoms with Crippen LogP contribution in [-0.4, -0.2) is 0 Å². The SMILES string of the molecule is [2H]c1c([2H])c([2H])c2c(-c3ccccc3-c3ccccc3)c3c([2H])c([2H])c(-c4ccccc4)c([2H])c3c(-c3ccc4ccccc4c3)c2c1[2H]. The van der Waals surface area contributed by atoms with Gasteiger partial charge in [-0.1, -0.05) is 158 Å². The molecule has 0 spiro atoms. The van der Waals surface area contributed by atoms with Crippen molar-refractivity contribution in [3.05, 3.63) is 170 Å². The van der Waals surface area contributed by atoms with Gasteiger partial charge in [0.25, 0.3) is 0 Å². The number of benzene rings is 8. The first-order valence-electron chi connectivity index (χ1n) is 17.5. The zero-order valence-electron chi connectivity index (χ0n) is 29.6. The van der Waals surface area contributed by atoms with Gasteiger partial charge in [0.15, 0.2) is 0 Å². The molecule has 0 fully saturated rings. The molecule has 0 aliphatic heterocycles. The molecular formula is C42H28. The third-order valence-corrected chi connectivity index (χ3v) is 7.88. The van der Waals surface area contributed by atoms with Gasteiger partial charge in [-0.25, -0.2) is 0 Å². The highest BCUT2D eigenvalue weighted by molar-refractivity contribution is 6.23. The van der Waals surface area contributed by atoms with E-state index in [0.717, 1.165) is 21.9 Å². The summed E-state index contributed by atoms with van der Waals surface area (Å²) in [6, 6.07) is 38.9. The first kappa shape index (κ1) is 18.1. The third-order valence-electron chi connectivity index (χ3n) is 7.88. The molecule has 0 saturated carbocycles. The summed E-state index contributed by atoms with van der Waals surface area (Å²) in [6.45, 7) is 0. The highest BCUT2D eigenvalue weighted by Crippen LogP contribution is 2.47. The Morgan fingerprint density at radius 3 is 1.71 bits per heavy atom. The predicted molar refractivity (Wildman–Crippen MR) is 181 cm³/mol. The largest absolute Gasteiger partial charge is 0.0636 e. The molecule has 0 bridgehead atoms. The molecule has 0 aliphatic rings. The molecule has 0 aromatic heterocycles. The van der Waals surface area contributed by atoms with Gasteiger partial charge in [0, 0.05) is 0 Å². The number of rotatable bonds is 4. The molecule has 0 saturated heterocycles. The first-order chi connectivity index (χ1) is 23.8. The molecular weight excluding hydrogens is 504 g/mol. The molecule has 8 aromatic rings. The van der Waals surface area contributed by atoms with Crippen LogP contribution in [0.1, 0.15) is 9.60 Å². The average Bonchev–Trinajstić information content (AvgIpc) is 3.15. The van der Waals surface area contributed by atoms with E-state index in [4.69, 9.17) is 2.74 Å². The van der Waals surface area contributed by atoms with Crippen LogP contribution in [0.15, 0.2) is 170 Å². The summed E-state index contributed by atoms with van der Waals surface area (Å²) < 4.78 is 65.2. The fraction of sp³-hybridized carbons (Fsp3) is 0. The lowest BCUT2D eigenvalue weighted by molar-refractivity contribution is 1.60. The Labute approximate surface area is 256 Å². The number of hydrogen-bond acceptors (Lipinski definition) is 0. The van der Waals surface area contributed by atoms with Crippen LogP contribution in [-0.2, 0) is 0 Å². The predicted octanol–water partition coefficient (Wildman–Crippen LogP) is 11.8. The van der Waals surface area contributed by atoms with Gasteiger partial charge in [0.05, 0.1) is 9.60 Å². The third kappa shape index (κ3) is 4.08. The van der Waals surface area contributed by atoms with E-state index in [-0.39, 0.29) is 53.1 Å². The van der Waals surface area contributed by atoms with Crippen LogP contribution in [0.3, 0.4) is 0 Å². The molecule has 0 aliphatic carbocycles. The second kappa shape index (κ2) is 10.2. The lowest BCUT2D eigenvalue weighted by Crippen LogP contribution is -1.93. The molecule has 0 heterocycles. The maximum atomic E-state index is 9.84. The van der Waals surface area contributed by atoms with E-state index in [1.54, 1.807) is 0 Å². The van der Waals surface area contributed by atoms with Gasteiger partial charge in [-0.2, -0.15) is 0 Å². The van der Waals surface area contributed by atoms with E-state index >= 15 is 0 Å². The molecule has 0 radical (unpaired) electrons. The van der Waals surface area contributed by atoms with E-state index in [1.807, 2.05) is 127 Å². The van der Waals surface area contributed by atoms with Gasteiger partial charge in [0.1, 0.15) is 0 Å². The second-order valence-corrected chi connectivity index (χ2v) is 10.3. The van der Waals surface area contributed by atoms with Gasteiger partial charge in [-0.05, 0) is 88.9 Å². The van der Waals surface area contributed by atoms with Gasteiger partial charge in [-0.3, -0.25) is 0 Å². The molecule has 8 aromatic carbocycles. The Kier molecular flexibility index (Phi) is 4.38. The van der Waals surface area contributed by atoms with Crippen molar-refractivity contribution >= 4 is 32.3 Å². The minimum Gasteiger partial charge on any atom is -0.0622 e. The summed E-state index contributed by atoms with van der Waals surface area (Å²) in [5.74, 6) is 0. The molecule has 0 nitrogen and oxygen atoms in total. The van der Waals surface area contributed by atoms with Crippen LogP contribution in [0.25, 0.3) is 76.8 Å². The van der Waals surface area contributed by atoms with Crippen molar-refractivity contribution in [2.24, 2.45) is 0 Å². The normalized spacial score (nSPS) is 13.7. The number of fused-ring (bicyclic) bond motifs is 3. The molecule has 8 rings (SSSR count). The van der Waals surface area contributed by atoms with Gasteiger partial charge in [0.2, 0.25) is 0 Å². The van der Waals surface area contributed by atoms with Crippen molar-refractivity contribution in [1.29, 1.82) is 0 Å². The summed E-state index contributed by atoms with van der Waals surface area (Å²) in [6.07, 6.45) is 0. The van der Waals surface area contributed by atoms with Crippen LogP contribution in [0, 0.1) is 0 Å². The second-order valence-electron chi connectivity index (χ2n) is 10.3. The van der Waals surface area contributed by atoms with Gasteiger partial charge in [-0.15, -0.1) is 0 Å². The smallest absolute Gasteiger partial charge is 0.0622 e. The molecule has 0 heteroatoms. The van der Waals surface area contributed by atoms with E-state index < -0.39 is 0 Å². The summed E-state index contributed by atoms with van der Waals surface area (Å²) in [5.41, 5.74) is 4.78. The summed E-state index contributed by atoms with van der Waals surface area (Å²) in [7, 11) is 0. The lowest BCUT2D eigenvalue weighted by Gasteiger charge is -2.20. The summed E-state index contributed by atoms with van der Waals surface area (Å²) in [4.78, 5) is 0. The Hall–Kier alpha value is -5.46. The van der Waals surface area contributed by atoms with Gasteiger partial charge >= 0.3 is 0 Å². The lowest BCUT2D eigenvalue weighted by atomic mass is 9.83. The molecule has 42 heavy (non-hydrogen) atoms. The number of hydrogen-bond donors (Lipinski definition) is 0. The van der Waals surface area contributed by atoms with Crippen molar-refractivity contribution in [3.8, 4) is 44.5 Å². The van der Waals surface area contributed by atoms with E-state index in [9.17, 15) is 6.85 Å². The average molecular weight is 540 g/mol. The van der Waals surface area contributed by atoms with Crippen molar-refractivity contribution in [1.82, 2.24) is 0 Å². The Morgan fingerprint density at radius 2 is 0.952 bits per heavy atom. The first-order valence-corrected chi connectivity index (χ1v) is 14.0. The van der Waals surface area contributed by atoms with E-state index in [2.05, 4.69) is 0 Å². The van der Waals surface area contributed by atoms with Crippen LogP contribution in [0.5, 0.6) is 0 Å². The van der Waals surface area contributed by atoms with Crippen LogP contribution < -0.4 is 0 Å². The molecule has 0 N–H and O–H groups in total. The summed E-state index contributed by atoms with van der Waals surface area (Å²) in [5, 5.41) is 3.13. The Bertz CT molecular complexity index is 2610. The quantitative estimate of drug-likeness (QED) is 0.195. The Balaban J connectivity index is 1.69. The highest BCUT2D eigenvalue weighted by Gasteiger charge is 2.19. The molecule has 196 valence electrons. The van der Waals surface area contributed by atoms with Crippen molar-refractivity contribution in [2.75, 3.05) is 0 Å². The van der Waals surface area contributed by atoms with E-state index in [0.29, 0.717) is 44.2 Å². The Morgan fingerprint density at radius 1 is 0.357 bits per heavy atom. The van der Waals surface area contributed by atoms with Crippen LogP contribution >= 0.6 is 0 Å². The topological polar surface area (TPSA) is 0 Å². The van der Waals surface area contributed by atoms with Crippen molar-refractivity contribution in [2.45, 2.75) is 0 Å². The van der Waals surface area contributed by atoms with Crippen LogP contribution in [0.4, 0.5) is 0 Å².